The number of carbonyl (C=O) groups is 3. The minimum atomic E-state index is -1.40. The highest BCUT2D eigenvalue weighted by molar-refractivity contribution is 6.31. The number of benzene rings is 3. The Labute approximate surface area is 191 Å². The number of unbranched alkanes of at least 4 members (excludes halogenated alkanes) is 1. The second-order valence-corrected chi connectivity index (χ2v) is 8.09. The fourth-order valence-corrected chi connectivity index (χ4v) is 4.01. The lowest BCUT2D eigenvalue weighted by Crippen LogP contribution is -2.24. The largest absolute Gasteiger partial charge is 0.478 e. The lowest BCUT2D eigenvalue weighted by atomic mass is 9.80. The number of fused-ring (bicyclic) bond motifs is 2. The van der Waals surface area contributed by atoms with E-state index in [4.69, 9.17) is 4.99 Å². The van der Waals surface area contributed by atoms with Crippen molar-refractivity contribution in [2.75, 3.05) is 6.54 Å². The van der Waals surface area contributed by atoms with E-state index in [9.17, 15) is 24.6 Å². The number of hydrogen-bond donors (Lipinski definition) is 2. The Balaban J connectivity index is 1.94. The molecule has 33 heavy (non-hydrogen) atoms. The van der Waals surface area contributed by atoms with Crippen LogP contribution in [0.3, 0.4) is 0 Å². The third-order valence-corrected chi connectivity index (χ3v) is 5.80. The normalized spacial score (nSPS) is 13.5. The molecule has 0 amide bonds. The van der Waals surface area contributed by atoms with Crippen molar-refractivity contribution < 1.29 is 24.6 Å². The molecule has 0 radical (unpaired) electrons. The predicted octanol–water partition coefficient (Wildman–Crippen LogP) is 5.24. The van der Waals surface area contributed by atoms with Gasteiger partial charge in [-0.2, -0.15) is 0 Å². The van der Waals surface area contributed by atoms with E-state index in [0.717, 1.165) is 29.5 Å². The van der Waals surface area contributed by atoms with Crippen LogP contribution in [0.15, 0.2) is 59.6 Å². The predicted molar refractivity (Wildman–Crippen MR) is 126 cm³/mol. The second kappa shape index (κ2) is 8.82. The first-order chi connectivity index (χ1) is 15.8. The number of hydrogen-bond acceptors (Lipinski definition) is 4. The van der Waals surface area contributed by atoms with E-state index in [0.29, 0.717) is 28.9 Å². The molecule has 0 unspecified atom stereocenters. The van der Waals surface area contributed by atoms with E-state index in [1.54, 1.807) is 6.07 Å². The van der Waals surface area contributed by atoms with Gasteiger partial charge in [0.2, 0.25) is 0 Å². The lowest BCUT2D eigenvalue weighted by Gasteiger charge is -2.23. The number of aromatic carboxylic acids is 2. The van der Waals surface area contributed by atoms with Gasteiger partial charge in [-0.3, -0.25) is 9.79 Å². The van der Waals surface area contributed by atoms with Gasteiger partial charge in [0.15, 0.2) is 5.78 Å². The first-order valence-corrected chi connectivity index (χ1v) is 10.8. The summed E-state index contributed by atoms with van der Waals surface area (Å²) >= 11 is 0. The zero-order valence-corrected chi connectivity index (χ0v) is 18.4. The number of carbonyl (C=O) groups excluding carboxylic acids is 1. The molecule has 166 valence electrons. The molecule has 0 saturated heterocycles. The fraction of sp³-hybridized carbons (Fsp3) is 0.185. The molecule has 4 rings (SSSR count). The number of carboxylic acid groups (broad SMARTS) is 2. The van der Waals surface area contributed by atoms with Crippen LogP contribution in [-0.2, 0) is 0 Å². The maximum atomic E-state index is 13.5. The Bertz CT molecular complexity index is 1320. The highest BCUT2D eigenvalue weighted by Crippen LogP contribution is 2.33. The average Bonchev–Trinajstić information content (AvgIpc) is 2.80. The summed E-state index contributed by atoms with van der Waals surface area (Å²) in [4.78, 5) is 41.6. The minimum Gasteiger partial charge on any atom is -0.478 e. The van der Waals surface area contributed by atoms with Crippen molar-refractivity contribution in [3.05, 3.63) is 93.5 Å². The third kappa shape index (κ3) is 4.07. The smallest absolute Gasteiger partial charge is 0.336 e. The first kappa shape index (κ1) is 22.1. The Morgan fingerprint density at radius 2 is 1.36 bits per heavy atom. The van der Waals surface area contributed by atoms with Crippen LogP contribution in [0.2, 0.25) is 0 Å². The van der Waals surface area contributed by atoms with Gasteiger partial charge >= 0.3 is 11.9 Å². The molecule has 0 heterocycles. The summed E-state index contributed by atoms with van der Waals surface area (Å²) in [6, 6.07) is 15.9. The van der Waals surface area contributed by atoms with Crippen molar-refractivity contribution in [1.82, 2.24) is 0 Å². The minimum absolute atomic E-state index is 0.154. The van der Waals surface area contributed by atoms with Crippen LogP contribution in [0.25, 0.3) is 11.1 Å². The summed E-state index contributed by atoms with van der Waals surface area (Å²) in [5, 5.41) is 19.1. The maximum absolute atomic E-state index is 13.5. The maximum Gasteiger partial charge on any atom is 0.336 e. The topological polar surface area (TPSA) is 104 Å². The van der Waals surface area contributed by atoms with Gasteiger partial charge in [0.25, 0.3) is 0 Å². The highest BCUT2D eigenvalue weighted by Gasteiger charge is 2.32. The van der Waals surface area contributed by atoms with Crippen LogP contribution >= 0.6 is 0 Å². The lowest BCUT2D eigenvalue weighted by molar-refractivity contribution is 0.0651. The van der Waals surface area contributed by atoms with Gasteiger partial charge in [-0.05, 0) is 42.7 Å². The molecule has 0 fully saturated rings. The molecule has 3 aromatic carbocycles. The molecule has 3 aromatic rings. The van der Waals surface area contributed by atoms with Crippen LogP contribution in [0.5, 0.6) is 0 Å². The van der Waals surface area contributed by atoms with Gasteiger partial charge in [-0.1, -0.05) is 55.3 Å². The van der Waals surface area contributed by atoms with Gasteiger partial charge in [-0.25, -0.2) is 9.59 Å². The van der Waals surface area contributed by atoms with Gasteiger partial charge in [0.05, 0.1) is 16.8 Å². The second-order valence-electron chi connectivity index (χ2n) is 8.09. The molecule has 1 aliphatic rings. The molecule has 2 N–H and O–H groups in total. The quantitative estimate of drug-likeness (QED) is 0.398. The van der Waals surface area contributed by atoms with Crippen molar-refractivity contribution >= 4 is 23.4 Å². The Morgan fingerprint density at radius 3 is 1.97 bits per heavy atom. The summed E-state index contributed by atoms with van der Waals surface area (Å²) < 4.78 is 0. The van der Waals surface area contributed by atoms with E-state index >= 15 is 0 Å². The molecule has 1 aliphatic carbocycles. The van der Waals surface area contributed by atoms with Gasteiger partial charge in [-0.15, -0.1) is 0 Å². The van der Waals surface area contributed by atoms with Crippen LogP contribution in [0.1, 0.15) is 73.1 Å². The fourth-order valence-electron chi connectivity index (χ4n) is 4.01. The first-order valence-electron chi connectivity index (χ1n) is 10.8. The number of aryl methyl sites for hydroxylation is 1. The monoisotopic (exact) mass is 441 g/mol. The zero-order chi connectivity index (χ0) is 23.7. The molecule has 6 heteroatoms. The third-order valence-electron chi connectivity index (χ3n) is 5.80. The molecule has 0 atom stereocenters. The van der Waals surface area contributed by atoms with Crippen molar-refractivity contribution in [2.45, 2.75) is 26.7 Å². The van der Waals surface area contributed by atoms with E-state index < -0.39 is 17.5 Å². The molecular formula is C27H23NO5. The van der Waals surface area contributed by atoms with Crippen molar-refractivity contribution in [3.63, 3.8) is 0 Å². The number of carboxylic acids is 2. The SMILES string of the molecule is CCCCN=C1c2ccc(-c3ccc(C)cc3)cc2C(=O)c2cc(C(=O)O)c(C(=O)O)cc21. The molecule has 0 aromatic heterocycles. The van der Waals surface area contributed by atoms with E-state index in [1.807, 2.05) is 50.2 Å². The summed E-state index contributed by atoms with van der Waals surface area (Å²) in [5.74, 6) is -3.11. The number of aliphatic imine (C=N–C) groups is 1. The standard InChI is InChI=1S/C27H23NO5/c1-3-4-11-28-24-18-10-9-17(16-7-5-15(2)6-8-16)12-20(18)25(29)21-14-23(27(32)33)22(26(30)31)13-19(21)24/h5-10,12-14H,3-4,11H2,1-2H3,(H,30,31)(H,32,33). The van der Waals surface area contributed by atoms with E-state index in [2.05, 4.69) is 0 Å². The molecule has 0 bridgehead atoms. The number of ketones is 1. The van der Waals surface area contributed by atoms with Gasteiger partial charge in [0.1, 0.15) is 0 Å². The van der Waals surface area contributed by atoms with Crippen molar-refractivity contribution in [2.24, 2.45) is 4.99 Å². The number of rotatable bonds is 6. The average molecular weight is 441 g/mol. The Hall–Kier alpha value is -4.06. The van der Waals surface area contributed by atoms with Gasteiger partial charge in [0, 0.05) is 28.8 Å². The molecular weight excluding hydrogens is 418 g/mol. The van der Waals surface area contributed by atoms with Crippen LogP contribution < -0.4 is 0 Å². The van der Waals surface area contributed by atoms with E-state index in [-0.39, 0.29) is 16.9 Å². The Kier molecular flexibility index (Phi) is 5.92. The zero-order valence-electron chi connectivity index (χ0n) is 18.4. The molecule has 0 saturated carbocycles. The summed E-state index contributed by atoms with van der Waals surface area (Å²) in [7, 11) is 0. The highest BCUT2D eigenvalue weighted by atomic mass is 16.4. The van der Waals surface area contributed by atoms with Crippen molar-refractivity contribution in [1.29, 1.82) is 0 Å². The molecule has 0 spiro atoms. The Morgan fingerprint density at radius 1 is 0.788 bits per heavy atom. The van der Waals surface area contributed by atoms with Crippen LogP contribution in [0.4, 0.5) is 0 Å². The molecule has 0 aliphatic heterocycles. The molecule has 6 nitrogen and oxygen atoms in total. The van der Waals surface area contributed by atoms with Crippen LogP contribution in [-0.4, -0.2) is 40.2 Å². The van der Waals surface area contributed by atoms with Crippen LogP contribution in [0, 0.1) is 6.92 Å². The summed E-state index contributed by atoms with van der Waals surface area (Å²) in [6.07, 6.45) is 1.77. The van der Waals surface area contributed by atoms with E-state index in [1.165, 1.54) is 12.1 Å². The summed E-state index contributed by atoms with van der Waals surface area (Å²) in [6.45, 7) is 4.56. The summed E-state index contributed by atoms with van der Waals surface area (Å²) in [5.41, 5.74) is 4.24. The van der Waals surface area contributed by atoms with Gasteiger partial charge < -0.3 is 10.2 Å². The number of nitrogens with zero attached hydrogens (tertiary/aromatic N) is 1. The van der Waals surface area contributed by atoms with Crippen molar-refractivity contribution in [3.8, 4) is 11.1 Å².